The molecular weight excluding hydrogens is 569 g/mol. The van der Waals surface area contributed by atoms with E-state index in [-0.39, 0.29) is 0 Å². The van der Waals surface area contributed by atoms with Gasteiger partial charge in [-0.3, -0.25) is 0 Å². The summed E-state index contributed by atoms with van der Waals surface area (Å²) >= 11 is 0. The normalized spacial score (nSPS) is 11.5. The van der Waals surface area contributed by atoms with Crippen LogP contribution in [0.15, 0.2) is 36.5 Å². The van der Waals surface area contributed by atoms with E-state index >= 15 is 0 Å². The van der Waals surface area contributed by atoms with E-state index in [1.807, 2.05) is 0 Å². The Kier molecular flexibility index (Phi) is 28.0. The molecule has 47 heavy (non-hydrogen) atoms. The molecule has 0 N–H and O–H groups in total. The van der Waals surface area contributed by atoms with E-state index in [1.54, 1.807) is 0 Å². The molecule has 0 saturated carbocycles. The van der Waals surface area contributed by atoms with Gasteiger partial charge in [0, 0.05) is 19.2 Å². The molecule has 270 valence electrons. The van der Waals surface area contributed by atoms with E-state index in [0.717, 1.165) is 25.8 Å². The maximum Gasteiger partial charge on any atom is 0.108 e. The van der Waals surface area contributed by atoms with Crippen LogP contribution in [-0.4, -0.2) is 9.55 Å². The van der Waals surface area contributed by atoms with Gasteiger partial charge in [0.05, 0.1) is 5.69 Å². The van der Waals surface area contributed by atoms with Crippen LogP contribution in [0.2, 0.25) is 0 Å². The molecule has 2 rings (SSSR count). The smallest absolute Gasteiger partial charge is 0.108 e. The van der Waals surface area contributed by atoms with Crippen LogP contribution >= 0.6 is 0 Å². The van der Waals surface area contributed by atoms with Gasteiger partial charge in [0.15, 0.2) is 0 Å². The molecule has 0 unspecified atom stereocenters. The minimum Gasteiger partial charge on any atom is -0.335 e. The van der Waals surface area contributed by atoms with Crippen LogP contribution in [0.4, 0.5) is 0 Å². The minimum absolute atomic E-state index is 1.10. The summed E-state index contributed by atoms with van der Waals surface area (Å²) in [5.74, 6) is 1.36. The Balaban J connectivity index is 1.57. The third-order valence-electron chi connectivity index (χ3n) is 10.4. The van der Waals surface area contributed by atoms with E-state index in [1.165, 1.54) is 210 Å². The highest BCUT2D eigenvalue weighted by Gasteiger charge is 2.09. The van der Waals surface area contributed by atoms with E-state index in [4.69, 9.17) is 4.98 Å². The molecular formula is C45H80N2. The van der Waals surface area contributed by atoms with Crippen molar-refractivity contribution >= 4 is 0 Å². The van der Waals surface area contributed by atoms with E-state index in [0.29, 0.717) is 0 Å². The minimum atomic E-state index is 1.10. The van der Waals surface area contributed by atoms with Crippen molar-refractivity contribution in [3.8, 4) is 0 Å². The average molecular weight is 649 g/mol. The molecule has 0 atom stereocenters. The number of hydrogen-bond acceptors (Lipinski definition) is 1. The van der Waals surface area contributed by atoms with Gasteiger partial charge in [-0.2, -0.15) is 0 Å². The van der Waals surface area contributed by atoms with Crippen molar-refractivity contribution in [2.75, 3.05) is 0 Å². The Bertz CT molecular complexity index is 900. The highest BCUT2D eigenvalue weighted by Crippen LogP contribution is 2.17. The van der Waals surface area contributed by atoms with Crippen LogP contribution in [0, 0.1) is 0 Å². The fourth-order valence-corrected chi connectivity index (χ4v) is 7.28. The van der Waals surface area contributed by atoms with Crippen molar-refractivity contribution in [1.29, 1.82) is 0 Å². The molecule has 0 aliphatic rings. The predicted octanol–water partition coefficient (Wildman–Crippen LogP) is 15.0. The van der Waals surface area contributed by atoms with Crippen LogP contribution in [0.25, 0.3) is 0 Å². The molecule has 2 heteroatoms. The van der Waals surface area contributed by atoms with Crippen LogP contribution in [-0.2, 0) is 25.8 Å². The number of unbranched alkanes of at least 4 members (excludes halogenated alkanes) is 27. The average Bonchev–Trinajstić information content (AvgIpc) is 3.48. The molecule has 1 aromatic heterocycles. The van der Waals surface area contributed by atoms with Gasteiger partial charge < -0.3 is 4.57 Å². The van der Waals surface area contributed by atoms with Gasteiger partial charge >= 0.3 is 0 Å². The van der Waals surface area contributed by atoms with E-state index in [9.17, 15) is 0 Å². The van der Waals surface area contributed by atoms with Crippen molar-refractivity contribution in [1.82, 2.24) is 9.55 Å². The van der Waals surface area contributed by atoms with Crippen molar-refractivity contribution < 1.29 is 0 Å². The quantitative estimate of drug-likeness (QED) is 0.0680. The molecule has 0 bridgehead atoms. The number of aromatic nitrogens is 2. The summed E-state index contributed by atoms with van der Waals surface area (Å²) in [6, 6.07) is 11.0. The molecule has 2 nitrogen and oxygen atoms in total. The molecule has 2 aromatic rings. The van der Waals surface area contributed by atoms with Crippen LogP contribution in [0.3, 0.4) is 0 Å². The molecule has 0 aliphatic carbocycles. The number of rotatable bonds is 35. The molecule has 0 saturated heterocycles. The maximum absolute atomic E-state index is 5.19. The van der Waals surface area contributed by atoms with E-state index < -0.39 is 0 Å². The van der Waals surface area contributed by atoms with Gasteiger partial charge in [0.25, 0.3) is 0 Å². The second-order valence-electron chi connectivity index (χ2n) is 15.0. The van der Waals surface area contributed by atoms with Gasteiger partial charge in [0.2, 0.25) is 0 Å². The monoisotopic (exact) mass is 649 g/mol. The van der Waals surface area contributed by atoms with Gasteiger partial charge in [-0.25, -0.2) is 4.98 Å². The molecule has 1 aromatic carbocycles. The third kappa shape index (κ3) is 24.3. The lowest BCUT2D eigenvalue weighted by Gasteiger charge is -2.08. The summed E-state index contributed by atoms with van der Waals surface area (Å²) < 4.78 is 2.54. The number of hydrogen-bond donors (Lipinski definition) is 0. The van der Waals surface area contributed by atoms with Crippen LogP contribution in [0.1, 0.15) is 224 Å². The fraction of sp³-hybridized carbons (Fsp3) is 0.800. The van der Waals surface area contributed by atoms with Crippen molar-refractivity contribution in [2.24, 2.45) is 0 Å². The number of nitrogens with zero attached hydrogens (tertiary/aromatic N) is 2. The molecule has 0 aliphatic heterocycles. The molecule has 0 amide bonds. The first-order chi connectivity index (χ1) is 23.3. The molecule has 0 radical (unpaired) electrons. The van der Waals surface area contributed by atoms with Crippen molar-refractivity contribution in [2.45, 2.75) is 232 Å². The van der Waals surface area contributed by atoms with E-state index in [2.05, 4.69) is 54.9 Å². The van der Waals surface area contributed by atoms with Crippen LogP contribution < -0.4 is 0 Å². The standard InChI is InChI=1S/C45H80N2/c1-3-5-7-9-11-13-15-17-19-21-23-25-27-29-34-41-47-42-44(39-35-38-43-36-31-30-32-37-43)46-45(47)40-33-28-26-24-22-20-18-16-14-12-10-8-6-4-2/h30-32,36-37,42H,3-29,33-35,38-41H2,1-2H3. The Morgan fingerprint density at radius 1 is 0.404 bits per heavy atom. The molecule has 0 fully saturated rings. The lowest BCUT2D eigenvalue weighted by Crippen LogP contribution is -2.03. The summed E-state index contributed by atoms with van der Waals surface area (Å²) in [6.45, 7) is 5.78. The SMILES string of the molecule is CCCCCCCCCCCCCCCCCn1cc(CCCc2ccccc2)nc1CCCCCCCCCCCCCCCC. The highest BCUT2D eigenvalue weighted by atomic mass is 15.1. The first kappa shape index (κ1) is 41.6. The van der Waals surface area contributed by atoms with Gasteiger partial charge in [-0.05, 0) is 37.7 Å². The van der Waals surface area contributed by atoms with Gasteiger partial charge in [-0.15, -0.1) is 0 Å². The second kappa shape index (κ2) is 31.7. The number of benzene rings is 1. The number of imidazole rings is 1. The second-order valence-corrected chi connectivity index (χ2v) is 15.0. The number of aryl methyl sites for hydroxylation is 4. The fourth-order valence-electron chi connectivity index (χ4n) is 7.28. The molecule has 1 heterocycles. The third-order valence-corrected chi connectivity index (χ3v) is 10.4. The maximum atomic E-state index is 5.19. The molecule has 0 spiro atoms. The highest BCUT2D eigenvalue weighted by molar-refractivity contribution is 5.15. The summed E-state index contributed by atoms with van der Waals surface area (Å²) in [5, 5.41) is 0. The van der Waals surface area contributed by atoms with Crippen molar-refractivity contribution in [3.05, 3.63) is 53.6 Å². The Morgan fingerprint density at radius 3 is 1.26 bits per heavy atom. The topological polar surface area (TPSA) is 17.8 Å². The summed E-state index contributed by atoms with van der Waals surface area (Å²) in [7, 11) is 0. The van der Waals surface area contributed by atoms with Gasteiger partial charge in [-0.1, -0.05) is 218 Å². The summed E-state index contributed by atoms with van der Waals surface area (Å²) in [6.07, 6.45) is 48.4. The largest absolute Gasteiger partial charge is 0.335 e. The lowest BCUT2D eigenvalue weighted by molar-refractivity contribution is 0.514. The lowest BCUT2D eigenvalue weighted by atomic mass is 10.0. The zero-order valence-corrected chi connectivity index (χ0v) is 31.9. The Labute approximate surface area is 294 Å². The zero-order valence-electron chi connectivity index (χ0n) is 31.9. The van der Waals surface area contributed by atoms with Gasteiger partial charge in [0.1, 0.15) is 5.82 Å². The van der Waals surface area contributed by atoms with Crippen molar-refractivity contribution in [3.63, 3.8) is 0 Å². The summed E-state index contributed by atoms with van der Waals surface area (Å²) in [4.78, 5) is 5.19. The van der Waals surface area contributed by atoms with Crippen LogP contribution in [0.5, 0.6) is 0 Å². The first-order valence-corrected chi connectivity index (χ1v) is 21.4. The zero-order chi connectivity index (χ0) is 33.3. The Morgan fingerprint density at radius 2 is 0.809 bits per heavy atom. The summed E-state index contributed by atoms with van der Waals surface area (Å²) in [5.41, 5.74) is 2.77. The predicted molar refractivity (Wildman–Crippen MR) is 210 cm³/mol. The Hall–Kier alpha value is -1.57. The first-order valence-electron chi connectivity index (χ1n) is 21.4.